The number of methoxy groups -OCH3 is 1. The Hall–Kier alpha value is -1.79. The molecular formula is C13H14ClNO5. The van der Waals surface area contributed by atoms with Gasteiger partial charge < -0.3 is 19.8 Å². The number of amides is 1. The molecular weight excluding hydrogens is 286 g/mol. The number of carboxylic acids is 1. The molecule has 0 bridgehead atoms. The molecule has 1 amide bonds. The summed E-state index contributed by atoms with van der Waals surface area (Å²) in [7, 11) is 1.40. The third kappa shape index (κ3) is 2.71. The van der Waals surface area contributed by atoms with E-state index in [0.717, 1.165) is 4.90 Å². The van der Waals surface area contributed by atoms with Crippen molar-refractivity contribution in [2.45, 2.75) is 18.6 Å². The van der Waals surface area contributed by atoms with Gasteiger partial charge in [-0.05, 0) is 18.2 Å². The van der Waals surface area contributed by atoms with Gasteiger partial charge in [0.1, 0.15) is 11.8 Å². The van der Waals surface area contributed by atoms with Gasteiger partial charge in [0.15, 0.2) is 0 Å². The first-order chi connectivity index (χ1) is 9.43. The lowest BCUT2D eigenvalue weighted by molar-refractivity contribution is -0.141. The van der Waals surface area contributed by atoms with E-state index in [9.17, 15) is 14.7 Å². The number of aliphatic hydroxyl groups excluding tert-OH is 1. The molecule has 7 heteroatoms. The molecule has 1 aliphatic rings. The Bertz CT molecular complexity index is 548. The largest absolute Gasteiger partial charge is 0.496 e. The standard InChI is InChI=1S/C13H14ClNO5/c1-20-11-4-7(14)2-3-9(11)12(17)15-6-8(16)5-10(15)13(18)19/h2-4,8,10,16H,5-6H2,1H3,(H,18,19). The molecule has 1 aromatic carbocycles. The highest BCUT2D eigenvalue weighted by molar-refractivity contribution is 6.30. The molecule has 1 fully saturated rings. The van der Waals surface area contributed by atoms with Gasteiger partial charge in [0, 0.05) is 18.0 Å². The fourth-order valence-electron chi connectivity index (χ4n) is 2.27. The number of hydrogen-bond donors (Lipinski definition) is 2. The van der Waals surface area contributed by atoms with Gasteiger partial charge in [0.2, 0.25) is 0 Å². The minimum Gasteiger partial charge on any atom is -0.496 e. The summed E-state index contributed by atoms with van der Waals surface area (Å²) in [6.45, 7) is -0.0123. The molecule has 2 N–H and O–H groups in total. The number of likely N-dealkylation sites (tertiary alicyclic amines) is 1. The van der Waals surface area contributed by atoms with Crippen LogP contribution in [0, 0.1) is 0 Å². The Morgan fingerprint density at radius 2 is 2.15 bits per heavy atom. The number of aliphatic carboxylic acids is 1. The average molecular weight is 300 g/mol. The third-order valence-electron chi connectivity index (χ3n) is 3.22. The first kappa shape index (κ1) is 14.6. The van der Waals surface area contributed by atoms with Crippen LogP contribution in [0.1, 0.15) is 16.8 Å². The number of benzene rings is 1. The zero-order valence-electron chi connectivity index (χ0n) is 10.7. The lowest BCUT2D eigenvalue weighted by Gasteiger charge is -2.22. The number of β-amino-alcohol motifs (C(OH)–C–C–N with tert-alkyl or cyclic N) is 1. The molecule has 1 saturated heterocycles. The molecule has 0 aliphatic carbocycles. The molecule has 1 aliphatic heterocycles. The highest BCUT2D eigenvalue weighted by Gasteiger charge is 2.39. The summed E-state index contributed by atoms with van der Waals surface area (Å²) in [5, 5.41) is 19.1. The molecule has 2 unspecified atom stereocenters. The van der Waals surface area contributed by atoms with Gasteiger partial charge in [-0.25, -0.2) is 4.79 Å². The normalized spacial score (nSPS) is 21.9. The molecule has 108 valence electrons. The SMILES string of the molecule is COc1cc(Cl)ccc1C(=O)N1CC(O)CC1C(=O)O. The Balaban J connectivity index is 2.33. The van der Waals surface area contributed by atoms with Crippen molar-refractivity contribution in [1.29, 1.82) is 0 Å². The molecule has 0 saturated carbocycles. The molecule has 1 heterocycles. The first-order valence-corrected chi connectivity index (χ1v) is 6.37. The number of carbonyl (C=O) groups is 2. The number of nitrogens with zero attached hydrogens (tertiary/aromatic N) is 1. The molecule has 2 rings (SSSR count). The third-order valence-corrected chi connectivity index (χ3v) is 3.45. The zero-order valence-corrected chi connectivity index (χ0v) is 11.5. The number of ether oxygens (including phenoxy) is 1. The van der Waals surface area contributed by atoms with E-state index in [-0.39, 0.29) is 24.3 Å². The molecule has 0 aromatic heterocycles. The number of carboxylic acid groups (broad SMARTS) is 1. The fraction of sp³-hybridized carbons (Fsp3) is 0.385. The minimum atomic E-state index is -1.14. The van der Waals surface area contributed by atoms with Crippen molar-refractivity contribution in [1.82, 2.24) is 4.90 Å². The summed E-state index contributed by atoms with van der Waals surface area (Å²) in [5.74, 6) is -1.36. The summed E-state index contributed by atoms with van der Waals surface area (Å²) in [4.78, 5) is 24.7. The van der Waals surface area contributed by atoms with Crippen LogP contribution in [-0.2, 0) is 4.79 Å². The minimum absolute atomic E-state index is 0.0123. The molecule has 6 nitrogen and oxygen atoms in total. The summed E-state index contributed by atoms with van der Waals surface area (Å²) in [6.07, 6.45) is -0.810. The van der Waals surface area contributed by atoms with Gasteiger partial charge in [-0.15, -0.1) is 0 Å². The summed E-state index contributed by atoms with van der Waals surface area (Å²) in [5.41, 5.74) is 0.220. The lowest BCUT2D eigenvalue weighted by atomic mass is 10.1. The van der Waals surface area contributed by atoms with Crippen molar-refractivity contribution in [3.05, 3.63) is 28.8 Å². The first-order valence-electron chi connectivity index (χ1n) is 5.99. The molecule has 2 atom stereocenters. The number of aliphatic hydroxyl groups is 1. The average Bonchev–Trinajstić information content (AvgIpc) is 2.80. The number of rotatable bonds is 3. The smallest absolute Gasteiger partial charge is 0.326 e. The Kier molecular flexibility index (Phi) is 4.15. The van der Waals surface area contributed by atoms with Crippen LogP contribution >= 0.6 is 11.6 Å². The summed E-state index contributed by atoms with van der Waals surface area (Å²) in [6, 6.07) is 3.46. The van der Waals surface area contributed by atoms with E-state index < -0.39 is 24.0 Å². The van der Waals surface area contributed by atoms with E-state index in [1.54, 1.807) is 0 Å². The summed E-state index contributed by atoms with van der Waals surface area (Å²) < 4.78 is 5.09. The highest BCUT2D eigenvalue weighted by Crippen LogP contribution is 2.27. The van der Waals surface area contributed by atoms with E-state index >= 15 is 0 Å². The van der Waals surface area contributed by atoms with Crippen LogP contribution in [0.3, 0.4) is 0 Å². The Morgan fingerprint density at radius 1 is 1.45 bits per heavy atom. The van der Waals surface area contributed by atoms with Gasteiger partial charge in [-0.1, -0.05) is 11.6 Å². The van der Waals surface area contributed by atoms with Crippen molar-refractivity contribution >= 4 is 23.5 Å². The van der Waals surface area contributed by atoms with Crippen molar-refractivity contribution in [3.63, 3.8) is 0 Å². The maximum atomic E-state index is 12.4. The van der Waals surface area contributed by atoms with E-state index in [0.29, 0.717) is 5.02 Å². The maximum absolute atomic E-state index is 12.4. The lowest BCUT2D eigenvalue weighted by Crippen LogP contribution is -2.40. The van der Waals surface area contributed by atoms with Crippen molar-refractivity contribution in [2.75, 3.05) is 13.7 Å². The second kappa shape index (κ2) is 5.68. The fourth-order valence-corrected chi connectivity index (χ4v) is 2.43. The zero-order chi connectivity index (χ0) is 14.9. The van der Waals surface area contributed by atoms with Crippen LogP contribution in [0.2, 0.25) is 5.02 Å². The van der Waals surface area contributed by atoms with Gasteiger partial charge in [-0.2, -0.15) is 0 Å². The number of carbonyl (C=O) groups excluding carboxylic acids is 1. The predicted octanol–water partition coefficient (Wildman–Crippen LogP) is 1.01. The van der Waals surface area contributed by atoms with Crippen LogP contribution in [0.25, 0.3) is 0 Å². The van der Waals surface area contributed by atoms with E-state index in [1.165, 1.54) is 25.3 Å². The predicted molar refractivity (Wildman–Crippen MR) is 71.1 cm³/mol. The van der Waals surface area contributed by atoms with E-state index in [2.05, 4.69) is 0 Å². The Labute approximate surface area is 120 Å². The van der Waals surface area contributed by atoms with Crippen LogP contribution in [0.15, 0.2) is 18.2 Å². The van der Waals surface area contributed by atoms with Crippen LogP contribution in [-0.4, -0.2) is 52.8 Å². The van der Waals surface area contributed by atoms with Crippen LogP contribution in [0.4, 0.5) is 0 Å². The maximum Gasteiger partial charge on any atom is 0.326 e. The number of halogens is 1. The highest BCUT2D eigenvalue weighted by atomic mass is 35.5. The molecule has 20 heavy (non-hydrogen) atoms. The van der Waals surface area contributed by atoms with E-state index in [4.69, 9.17) is 21.4 Å². The monoisotopic (exact) mass is 299 g/mol. The molecule has 0 radical (unpaired) electrons. The van der Waals surface area contributed by atoms with Gasteiger partial charge in [0.25, 0.3) is 5.91 Å². The van der Waals surface area contributed by atoms with Gasteiger partial charge in [-0.3, -0.25) is 4.79 Å². The van der Waals surface area contributed by atoms with Gasteiger partial charge >= 0.3 is 5.97 Å². The van der Waals surface area contributed by atoms with E-state index in [1.807, 2.05) is 0 Å². The topological polar surface area (TPSA) is 87.1 Å². The van der Waals surface area contributed by atoms with Crippen LogP contribution < -0.4 is 4.74 Å². The molecule has 1 aromatic rings. The quantitative estimate of drug-likeness (QED) is 0.870. The van der Waals surface area contributed by atoms with Crippen molar-refractivity contribution in [3.8, 4) is 5.75 Å². The molecule has 0 spiro atoms. The van der Waals surface area contributed by atoms with Crippen molar-refractivity contribution < 1.29 is 24.5 Å². The second-order valence-electron chi connectivity index (χ2n) is 4.55. The van der Waals surface area contributed by atoms with Crippen LogP contribution in [0.5, 0.6) is 5.75 Å². The Morgan fingerprint density at radius 3 is 2.75 bits per heavy atom. The second-order valence-corrected chi connectivity index (χ2v) is 4.98. The van der Waals surface area contributed by atoms with Crippen molar-refractivity contribution in [2.24, 2.45) is 0 Å². The summed E-state index contributed by atoms with van der Waals surface area (Å²) >= 11 is 5.82. The number of hydrogen-bond acceptors (Lipinski definition) is 4. The van der Waals surface area contributed by atoms with Gasteiger partial charge in [0.05, 0.1) is 18.8 Å².